The van der Waals surface area contributed by atoms with Crippen molar-refractivity contribution in [2.45, 2.75) is 44.4 Å². The summed E-state index contributed by atoms with van der Waals surface area (Å²) in [6.07, 6.45) is -0.0814. The van der Waals surface area contributed by atoms with Crippen LogP contribution in [0.2, 0.25) is 0 Å². The molecule has 0 unspecified atom stereocenters. The summed E-state index contributed by atoms with van der Waals surface area (Å²) in [6.45, 7) is 0. The number of alkyl halides is 3. The molecule has 10 heteroatoms. The molecule has 0 spiro atoms. The summed E-state index contributed by atoms with van der Waals surface area (Å²) in [5.74, 6) is -0.555. The van der Waals surface area contributed by atoms with Gasteiger partial charge in [0.25, 0.3) is 5.69 Å². The van der Waals surface area contributed by atoms with E-state index in [0.29, 0.717) is 24.7 Å². The molecule has 1 heterocycles. The number of hydrogen-bond donors (Lipinski definition) is 0. The lowest BCUT2D eigenvalue weighted by Gasteiger charge is -2.25. The molecule has 1 aromatic carbocycles. The van der Waals surface area contributed by atoms with Gasteiger partial charge in [0.2, 0.25) is 11.8 Å². The molecule has 3 rings (SSSR count). The standard InChI is InChI=1S/C18H19F3N4O3/c1-24(12-6-5-7-13(10-12)25(26)27)17-22-11-15(18(19,20)21)16(23-17)28-14-8-3-2-4-9-14/h5-7,10-11,14H,2-4,8-9H2,1H3. The average Bonchev–Trinajstić information content (AvgIpc) is 2.67. The lowest BCUT2D eigenvalue weighted by atomic mass is 9.98. The molecule has 1 fully saturated rings. The van der Waals surface area contributed by atoms with Gasteiger partial charge in [0.15, 0.2) is 0 Å². The average molecular weight is 396 g/mol. The Kier molecular flexibility index (Phi) is 5.66. The number of benzene rings is 1. The zero-order valence-corrected chi connectivity index (χ0v) is 15.1. The first-order chi connectivity index (χ1) is 13.3. The van der Waals surface area contributed by atoms with Gasteiger partial charge >= 0.3 is 6.18 Å². The molecule has 0 radical (unpaired) electrons. The molecule has 0 amide bonds. The van der Waals surface area contributed by atoms with Crippen LogP contribution in [-0.2, 0) is 6.18 Å². The van der Waals surface area contributed by atoms with E-state index in [9.17, 15) is 23.3 Å². The Bertz CT molecular complexity index is 854. The summed E-state index contributed by atoms with van der Waals surface area (Å²) >= 11 is 0. The quantitative estimate of drug-likeness (QED) is 0.529. The molecule has 1 aliphatic rings. The van der Waals surface area contributed by atoms with Crippen LogP contribution in [0.25, 0.3) is 0 Å². The van der Waals surface area contributed by atoms with E-state index in [0.717, 1.165) is 19.3 Å². The summed E-state index contributed by atoms with van der Waals surface area (Å²) in [7, 11) is 1.52. The van der Waals surface area contributed by atoms with Crippen LogP contribution in [0, 0.1) is 10.1 Å². The molecular weight excluding hydrogens is 377 g/mol. The van der Waals surface area contributed by atoms with E-state index in [4.69, 9.17) is 4.74 Å². The van der Waals surface area contributed by atoms with Crippen molar-refractivity contribution in [2.75, 3.05) is 11.9 Å². The predicted molar refractivity (Wildman–Crippen MR) is 95.7 cm³/mol. The van der Waals surface area contributed by atoms with Crippen molar-refractivity contribution in [1.29, 1.82) is 0 Å². The zero-order chi connectivity index (χ0) is 20.3. The Morgan fingerprint density at radius 2 is 1.96 bits per heavy atom. The molecule has 0 saturated heterocycles. The maximum Gasteiger partial charge on any atom is 0.423 e. The second kappa shape index (κ2) is 7.99. The van der Waals surface area contributed by atoms with Gasteiger partial charge in [-0.2, -0.15) is 18.2 Å². The van der Waals surface area contributed by atoms with E-state index in [-0.39, 0.29) is 17.7 Å². The molecule has 0 N–H and O–H groups in total. The Balaban J connectivity index is 1.94. The number of nitrogens with zero attached hydrogens (tertiary/aromatic N) is 4. The van der Waals surface area contributed by atoms with Gasteiger partial charge in [-0.05, 0) is 31.7 Å². The second-order valence-electron chi connectivity index (χ2n) is 6.60. The van der Waals surface area contributed by atoms with Crippen molar-refractivity contribution >= 4 is 17.3 Å². The van der Waals surface area contributed by atoms with Crippen molar-refractivity contribution in [3.63, 3.8) is 0 Å². The SMILES string of the molecule is CN(c1cccc([N+](=O)[O-])c1)c1ncc(C(F)(F)F)c(OC2CCCCC2)n1. The monoisotopic (exact) mass is 396 g/mol. The molecule has 7 nitrogen and oxygen atoms in total. The molecule has 0 bridgehead atoms. The second-order valence-corrected chi connectivity index (χ2v) is 6.60. The summed E-state index contributed by atoms with van der Waals surface area (Å²) < 4.78 is 45.7. The number of non-ortho nitro benzene ring substituents is 1. The molecule has 0 atom stereocenters. The van der Waals surface area contributed by atoms with E-state index in [2.05, 4.69) is 9.97 Å². The number of hydrogen-bond acceptors (Lipinski definition) is 6. The largest absolute Gasteiger partial charge is 0.474 e. The van der Waals surface area contributed by atoms with Gasteiger partial charge in [-0.15, -0.1) is 0 Å². The fourth-order valence-corrected chi connectivity index (χ4v) is 3.07. The highest BCUT2D eigenvalue weighted by molar-refractivity contribution is 5.60. The lowest BCUT2D eigenvalue weighted by Crippen LogP contribution is -2.23. The first-order valence-corrected chi connectivity index (χ1v) is 8.85. The third-order valence-corrected chi connectivity index (χ3v) is 4.60. The third kappa shape index (κ3) is 4.49. The first-order valence-electron chi connectivity index (χ1n) is 8.85. The van der Waals surface area contributed by atoms with Crippen molar-refractivity contribution in [2.24, 2.45) is 0 Å². The highest BCUT2D eigenvalue weighted by Crippen LogP contribution is 2.37. The molecule has 1 aromatic heterocycles. The summed E-state index contributed by atoms with van der Waals surface area (Å²) in [5.41, 5.74) is -0.804. The first kappa shape index (κ1) is 19.8. The van der Waals surface area contributed by atoms with Crippen LogP contribution in [0.5, 0.6) is 5.88 Å². The van der Waals surface area contributed by atoms with Gasteiger partial charge < -0.3 is 9.64 Å². The minimum absolute atomic E-state index is 0.0423. The number of nitro groups is 1. The van der Waals surface area contributed by atoms with Crippen molar-refractivity contribution in [3.05, 3.63) is 46.1 Å². The number of anilines is 2. The zero-order valence-electron chi connectivity index (χ0n) is 15.1. The van der Waals surface area contributed by atoms with Gasteiger partial charge in [0, 0.05) is 25.4 Å². The summed E-state index contributed by atoms with van der Waals surface area (Å²) in [4.78, 5) is 19.6. The van der Waals surface area contributed by atoms with Crippen LogP contribution in [-0.4, -0.2) is 28.0 Å². The topological polar surface area (TPSA) is 81.4 Å². The van der Waals surface area contributed by atoms with E-state index in [1.54, 1.807) is 6.07 Å². The van der Waals surface area contributed by atoms with Gasteiger partial charge in [-0.1, -0.05) is 12.5 Å². The Morgan fingerprint density at radius 3 is 2.61 bits per heavy atom. The van der Waals surface area contributed by atoms with Crippen molar-refractivity contribution < 1.29 is 22.8 Å². The maximum atomic E-state index is 13.4. The Hall–Kier alpha value is -2.91. The molecule has 1 aliphatic carbocycles. The van der Waals surface area contributed by atoms with Crippen LogP contribution < -0.4 is 9.64 Å². The fourth-order valence-electron chi connectivity index (χ4n) is 3.07. The Labute approximate surface area is 159 Å². The van der Waals surface area contributed by atoms with Crippen LogP contribution in [0.3, 0.4) is 0 Å². The van der Waals surface area contributed by atoms with Crippen molar-refractivity contribution in [1.82, 2.24) is 9.97 Å². The normalized spacial score (nSPS) is 15.3. The number of aromatic nitrogens is 2. The van der Waals surface area contributed by atoms with Crippen LogP contribution in [0.4, 0.5) is 30.5 Å². The molecule has 2 aromatic rings. The van der Waals surface area contributed by atoms with Gasteiger partial charge in [-0.25, -0.2) is 4.98 Å². The molecule has 1 saturated carbocycles. The van der Waals surface area contributed by atoms with Gasteiger partial charge in [0.05, 0.1) is 10.6 Å². The summed E-state index contributed by atoms with van der Waals surface area (Å²) in [5, 5.41) is 11.0. The number of halogens is 3. The van der Waals surface area contributed by atoms with E-state index < -0.39 is 22.5 Å². The lowest BCUT2D eigenvalue weighted by molar-refractivity contribution is -0.384. The van der Waals surface area contributed by atoms with E-state index >= 15 is 0 Å². The van der Waals surface area contributed by atoms with E-state index in [1.807, 2.05) is 0 Å². The molecule has 0 aliphatic heterocycles. The number of nitro benzene ring substituents is 1. The minimum Gasteiger partial charge on any atom is -0.474 e. The molecular formula is C18H19F3N4O3. The van der Waals surface area contributed by atoms with Crippen LogP contribution >= 0.6 is 0 Å². The highest BCUT2D eigenvalue weighted by Gasteiger charge is 2.37. The maximum absolute atomic E-state index is 13.4. The Morgan fingerprint density at radius 1 is 1.25 bits per heavy atom. The van der Waals surface area contributed by atoms with Crippen LogP contribution in [0.15, 0.2) is 30.5 Å². The third-order valence-electron chi connectivity index (χ3n) is 4.60. The smallest absolute Gasteiger partial charge is 0.423 e. The predicted octanol–water partition coefficient (Wildman–Crippen LogP) is 4.88. The highest BCUT2D eigenvalue weighted by atomic mass is 19.4. The van der Waals surface area contributed by atoms with E-state index in [1.165, 1.54) is 30.1 Å². The number of rotatable bonds is 5. The van der Waals surface area contributed by atoms with Gasteiger partial charge in [-0.3, -0.25) is 10.1 Å². The number of ether oxygens (including phenoxy) is 1. The van der Waals surface area contributed by atoms with Crippen LogP contribution in [0.1, 0.15) is 37.7 Å². The molecule has 150 valence electrons. The van der Waals surface area contributed by atoms with Gasteiger partial charge in [0.1, 0.15) is 11.7 Å². The fraction of sp³-hybridized carbons (Fsp3) is 0.444. The van der Waals surface area contributed by atoms with Crippen molar-refractivity contribution in [3.8, 4) is 5.88 Å². The summed E-state index contributed by atoms with van der Waals surface area (Å²) in [6, 6.07) is 5.68. The molecule has 28 heavy (non-hydrogen) atoms. The minimum atomic E-state index is -4.65.